The van der Waals surface area contributed by atoms with Crippen molar-refractivity contribution in [3.8, 4) is 5.75 Å². The van der Waals surface area contributed by atoms with Gasteiger partial charge in [-0.25, -0.2) is 4.98 Å². The van der Waals surface area contributed by atoms with Crippen LogP contribution in [0.2, 0.25) is 0 Å². The minimum absolute atomic E-state index is 0.556. The number of benzene rings is 1. The Bertz CT molecular complexity index is 475. The first-order valence-electron chi connectivity index (χ1n) is 6.28. The van der Waals surface area contributed by atoms with Crippen LogP contribution in [0.15, 0.2) is 35.8 Å². The van der Waals surface area contributed by atoms with E-state index in [1.165, 1.54) is 31.6 Å². The monoisotopic (exact) mass is 260 g/mol. The number of nitrogens with zero attached hydrogens (tertiary/aromatic N) is 2. The molecule has 1 fully saturated rings. The molecule has 3 nitrogen and oxygen atoms in total. The van der Waals surface area contributed by atoms with Gasteiger partial charge < -0.3 is 9.64 Å². The summed E-state index contributed by atoms with van der Waals surface area (Å²) in [4.78, 5) is 6.62. The Kier molecular flexibility index (Phi) is 3.46. The fourth-order valence-corrected chi connectivity index (χ4v) is 2.73. The molecular weight excluding hydrogens is 244 g/mol. The topological polar surface area (TPSA) is 25.4 Å². The van der Waals surface area contributed by atoms with Gasteiger partial charge in [-0.05, 0) is 37.1 Å². The summed E-state index contributed by atoms with van der Waals surface area (Å²) in [5, 5.41) is 2.98. The molecule has 3 rings (SSSR count). The van der Waals surface area contributed by atoms with Gasteiger partial charge in [0, 0.05) is 30.4 Å². The zero-order valence-corrected chi connectivity index (χ0v) is 11.0. The maximum absolute atomic E-state index is 5.70. The summed E-state index contributed by atoms with van der Waals surface area (Å²) in [5.41, 5.74) is 1.30. The average molecular weight is 260 g/mol. The van der Waals surface area contributed by atoms with Gasteiger partial charge in [0.15, 0.2) is 0 Å². The smallest absolute Gasteiger partial charge is 0.140 e. The zero-order chi connectivity index (χ0) is 12.2. The first kappa shape index (κ1) is 11.5. The van der Waals surface area contributed by atoms with E-state index >= 15 is 0 Å². The lowest BCUT2D eigenvalue weighted by Gasteiger charge is -2.17. The summed E-state index contributed by atoms with van der Waals surface area (Å²) >= 11 is 1.62. The van der Waals surface area contributed by atoms with Crippen LogP contribution in [0.1, 0.15) is 17.8 Å². The zero-order valence-electron chi connectivity index (χ0n) is 10.2. The van der Waals surface area contributed by atoms with Crippen molar-refractivity contribution in [3.05, 3.63) is 40.8 Å². The lowest BCUT2D eigenvalue weighted by atomic mass is 10.3. The Hall–Kier alpha value is -1.55. The van der Waals surface area contributed by atoms with Crippen LogP contribution in [-0.4, -0.2) is 18.1 Å². The second-order valence-corrected chi connectivity index (χ2v) is 5.38. The van der Waals surface area contributed by atoms with Crippen LogP contribution in [0, 0.1) is 0 Å². The molecule has 0 saturated carbocycles. The van der Waals surface area contributed by atoms with E-state index in [0.29, 0.717) is 6.61 Å². The van der Waals surface area contributed by atoms with Crippen LogP contribution in [0.3, 0.4) is 0 Å². The van der Waals surface area contributed by atoms with Crippen molar-refractivity contribution in [2.45, 2.75) is 19.4 Å². The largest absolute Gasteiger partial charge is 0.486 e. The highest BCUT2D eigenvalue weighted by Gasteiger charge is 2.11. The predicted molar refractivity (Wildman–Crippen MR) is 74.3 cm³/mol. The molecule has 2 aromatic rings. The lowest BCUT2D eigenvalue weighted by molar-refractivity contribution is 0.305. The highest BCUT2D eigenvalue weighted by molar-refractivity contribution is 7.09. The molecule has 0 N–H and O–H groups in total. The Labute approximate surface area is 111 Å². The number of hydrogen-bond acceptors (Lipinski definition) is 4. The molecule has 1 aliphatic rings. The van der Waals surface area contributed by atoms with E-state index in [1.807, 2.05) is 17.5 Å². The number of thiazole rings is 1. The number of anilines is 1. The van der Waals surface area contributed by atoms with E-state index in [2.05, 4.69) is 22.0 Å². The minimum atomic E-state index is 0.556. The van der Waals surface area contributed by atoms with E-state index in [4.69, 9.17) is 4.74 Å². The standard InChI is InChI=1S/C14H16N2OS/c1-2-9-16(8-1)12-3-5-13(6-4-12)17-11-14-15-7-10-18-14/h3-7,10H,1-2,8-9,11H2. The van der Waals surface area contributed by atoms with Gasteiger partial charge in [0.05, 0.1) is 0 Å². The van der Waals surface area contributed by atoms with Crippen LogP contribution >= 0.6 is 11.3 Å². The Morgan fingerprint density at radius 2 is 1.94 bits per heavy atom. The van der Waals surface area contributed by atoms with Crippen molar-refractivity contribution in [1.82, 2.24) is 4.98 Å². The molecular formula is C14H16N2OS. The van der Waals surface area contributed by atoms with Crippen molar-refractivity contribution in [1.29, 1.82) is 0 Å². The van der Waals surface area contributed by atoms with Crippen LogP contribution in [0.4, 0.5) is 5.69 Å². The summed E-state index contributed by atoms with van der Waals surface area (Å²) in [7, 11) is 0. The van der Waals surface area contributed by atoms with Gasteiger partial charge >= 0.3 is 0 Å². The fraction of sp³-hybridized carbons (Fsp3) is 0.357. The molecule has 18 heavy (non-hydrogen) atoms. The summed E-state index contributed by atoms with van der Waals surface area (Å²) in [6.45, 7) is 2.92. The normalized spacial score (nSPS) is 15.0. The van der Waals surface area contributed by atoms with E-state index in [-0.39, 0.29) is 0 Å². The lowest BCUT2D eigenvalue weighted by Crippen LogP contribution is -2.17. The molecule has 1 aromatic heterocycles. The van der Waals surface area contributed by atoms with Gasteiger partial charge in [-0.1, -0.05) is 0 Å². The van der Waals surface area contributed by atoms with Crippen LogP contribution in [0.5, 0.6) is 5.75 Å². The molecule has 1 aromatic carbocycles. The fourth-order valence-electron chi connectivity index (χ4n) is 2.20. The van der Waals surface area contributed by atoms with Crippen molar-refractivity contribution >= 4 is 17.0 Å². The highest BCUT2D eigenvalue weighted by atomic mass is 32.1. The quantitative estimate of drug-likeness (QED) is 0.843. The summed E-state index contributed by atoms with van der Waals surface area (Å²) < 4.78 is 5.70. The van der Waals surface area contributed by atoms with Crippen LogP contribution < -0.4 is 9.64 Å². The third kappa shape index (κ3) is 2.64. The number of aromatic nitrogens is 1. The third-order valence-corrected chi connectivity index (χ3v) is 3.91. The highest BCUT2D eigenvalue weighted by Crippen LogP contribution is 2.23. The van der Waals surface area contributed by atoms with E-state index in [1.54, 1.807) is 17.5 Å². The predicted octanol–water partition coefficient (Wildman–Crippen LogP) is 3.32. The summed E-state index contributed by atoms with van der Waals surface area (Å²) in [6, 6.07) is 8.37. The Balaban J connectivity index is 1.60. The second kappa shape index (κ2) is 5.40. The SMILES string of the molecule is c1csc(COc2ccc(N3CCCC3)cc2)n1. The van der Waals surface area contributed by atoms with E-state index in [9.17, 15) is 0 Å². The van der Waals surface area contributed by atoms with E-state index < -0.39 is 0 Å². The van der Waals surface area contributed by atoms with Crippen molar-refractivity contribution in [2.75, 3.05) is 18.0 Å². The molecule has 0 spiro atoms. The molecule has 0 aliphatic carbocycles. The minimum Gasteiger partial charge on any atom is -0.486 e. The van der Waals surface area contributed by atoms with Gasteiger partial charge in [-0.15, -0.1) is 11.3 Å². The van der Waals surface area contributed by atoms with E-state index in [0.717, 1.165) is 10.8 Å². The molecule has 4 heteroatoms. The van der Waals surface area contributed by atoms with Gasteiger partial charge in [-0.3, -0.25) is 0 Å². The van der Waals surface area contributed by atoms with Gasteiger partial charge in [0.1, 0.15) is 17.4 Å². The van der Waals surface area contributed by atoms with Crippen molar-refractivity contribution in [3.63, 3.8) is 0 Å². The Morgan fingerprint density at radius 3 is 2.61 bits per heavy atom. The number of ether oxygens (including phenoxy) is 1. The number of hydrogen-bond donors (Lipinski definition) is 0. The maximum Gasteiger partial charge on any atom is 0.140 e. The van der Waals surface area contributed by atoms with Crippen LogP contribution in [0.25, 0.3) is 0 Å². The maximum atomic E-state index is 5.70. The molecule has 0 bridgehead atoms. The third-order valence-electron chi connectivity index (χ3n) is 3.15. The van der Waals surface area contributed by atoms with Gasteiger partial charge in [0.25, 0.3) is 0 Å². The Morgan fingerprint density at radius 1 is 1.17 bits per heavy atom. The average Bonchev–Trinajstić information content (AvgIpc) is 3.10. The van der Waals surface area contributed by atoms with Crippen molar-refractivity contribution < 1.29 is 4.74 Å². The molecule has 0 amide bonds. The first-order chi connectivity index (χ1) is 8.92. The number of rotatable bonds is 4. The van der Waals surface area contributed by atoms with Crippen LogP contribution in [-0.2, 0) is 6.61 Å². The summed E-state index contributed by atoms with van der Waals surface area (Å²) in [5.74, 6) is 0.910. The van der Waals surface area contributed by atoms with Crippen molar-refractivity contribution in [2.24, 2.45) is 0 Å². The van der Waals surface area contributed by atoms with Gasteiger partial charge in [0.2, 0.25) is 0 Å². The second-order valence-electron chi connectivity index (χ2n) is 4.40. The molecule has 0 unspecified atom stereocenters. The molecule has 2 heterocycles. The first-order valence-corrected chi connectivity index (χ1v) is 7.16. The summed E-state index contributed by atoms with van der Waals surface area (Å²) in [6.07, 6.45) is 4.42. The molecule has 1 aliphatic heterocycles. The van der Waals surface area contributed by atoms with Gasteiger partial charge in [-0.2, -0.15) is 0 Å². The molecule has 1 saturated heterocycles. The molecule has 0 radical (unpaired) electrons. The molecule has 0 atom stereocenters. The molecule has 94 valence electrons.